The van der Waals surface area contributed by atoms with E-state index in [2.05, 4.69) is 26.8 Å². The van der Waals surface area contributed by atoms with Gasteiger partial charge < -0.3 is 13.4 Å². The van der Waals surface area contributed by atoms with Crippen LogP contribution in [0.3, 0.4) is 0 Å². The van der Waals surface area contributed by atoms with Crippen LogP contribution in [0.5, 0.6) is 0 Å². The molecule has 0 atom stereocenters. The molecule has 0 aliphatic heterocycles. The van der Waals surface area contributed by atoms with Crippen molar-refractivity contribution in [3.8, 4) is 0 Å². The van der Waals surface area contributed by atoms with Crippen molar-refractivity contribution in [2.24, 2.45) is 5.92 Å². The molecule has 1 rings (SSSR count). The summed E-state index contributed by atoms with van der Waals surface area (Å²) < 4.78 is 0. The summed E-state index contributed by atoms with van der Waals surface area (Å²) in [5.41, 5.74) is 4.65. The SMILES string of the molecule is Cc1ccc(C)c(C(=O)[P-]CC(C)C)c1C.[Li+]. The molecule has 0 aliphatic carbocycles. The van der Waals surface area contributed by atoms with Gasteiger partial charge in [-0.2, -0.15) is 6.16 Å². The molecule has 3 heteroatoms. The molecule has 88 valence electrons. The summed E-state index contributed by atoms with van der Waals surface area (Å²) >= 11 is 0. The Labute approximate surface area is 119 Å². The van der Waals surface area contributed by atoms with E-state index in [1.54, 1.807) is 0 Å². The van der Waals surface area contributed by atoms with Gasteiger partial charge in [0.1, 0.15) is 0 Å². The quantitative estimate of drug-likeness (QED) is 0.575. The molecule has 0 aromatic heterocycles. The van der Waals surface area contributed by atoms with Crippen molar-refractivity contribution in [1.29, 1.82) is 0 Å². The number of rotatable bonds is 4. The molecule has 0 fully saturated rings. The molecule has 17 heavy (non-hydrogen) atoms. The predicted octanol–water partition coefficient (Wildman–Crippen LogP) is 1.36. The van der Waals surface area contributed by atoms with E-state index in [1.165, 1.54) is 5.56 Å². The van der Waals surface area contributed by atoms with Gasteiger partial charge in [0, 0.05) is 5.52 Å². The minimum absolute atomic E-state index is 0. The fourth-order valence-corrected chi connectivity index (χ4v) is 2.66. The molecule has 0 aliphatic rings. The van der Waals surface area contributed by atoms with Crippen molar-refractivity contribution in [3.63, 3.8) is 0 Å². The Morgan fingerprint density at radius 2 is 1.71 bits per heavy atom. The smallest absolute Gasteiger partial charge is 0.459 e. The van der Waals surface area contributed by atoms with Crippen LogP contribution in [0.1, 0.15) is 40.9 Å². The molecule has 1 aromatic rings. The fraction of sp³-hybridized carbons (Fsp3) is 0.500. The van der Waals surface area contributed by atoms with Crippen molar-refractivity contribution in [3.05, 3.63) is 34.4 Å². The summed E-state index contributed by atoms with van der Waals surface area (Å²) in [6.45, 7) is 10.4. The summed E-state index contributed by atoms with van der Waals surface area (Å²) in [6, 6.07) is 4.13. The van der Waals surface area contributed by atoms with Crippen LogP contribution in [-0.2, 0) is 0 Å². The molecule has 0 N–H and O–H groups in total. The van der Waals surface area contributed by atoms with Gasteiger partial charge in [-0.25, -0.2) is 0 Å². The number of aryl methyl sites for hydroxylation is 2. The van der Waals surface area contributed by atoms with Gasteiger partial charge in [-0.05, 0) is 43.0 Å². The Hall–Kier alpha value is -0.0826. The largest absolute Gasteiger partial charge is 1.00 e. The summed E-state index contributed by atoms with van der Waals surface area (Å²) in [5.74, 6) is 0.580. The van der Waals surface area contributed by atoms with Crippen LogP contribution in [0.4, 0.5) is 0 Å². The van der Waals surface area contributed by atoms with Crippen molar-refractivity contribution >= 4 is 14.1 Å². The Morgan fingerprint density at radius 1 is 1.18 bits per heavy atom. The molecule has 0 saturated heterocycles. The Morgan fingerprint density at radius 3 is 2.24 bits per heavy atom. The standard InChI is InChI=1S/C14H20OP.Li/c1-9(2)8-16-14(15)13-11(4)7-6-10(3)12(13)5;/h6-7,9H,8H2,1-5H3;/q-1;+1. The second kappa shape index (κ2) is 7.37. The normalized spacial score (nSPS) is 10.9. The third-order valence-electron chi connectivity index (χ3n) is 2.76. The van der Waals surface area contributed by atoms with E-state index >= 15 is 0 Å². The van der Waals surface area contributed by atoms with E-state index in [-0.39, 0.29) is 24.4 Å². The monoisotopic (exact) mass is 242 g/mol. The van der Waals surface area contributed by atoms with Gasteiger partial charge in [-0.1, -0.05) is 31.9 Å². The fourth-order valence-electron chi connectivity index (χ4n) is 1.62. The van der Waals surface area contributed by atoms with Gasteiger partial charge in [0.25, 0.3) is 0 Å². The minimum Gasteiger partial charge on any atom is -0.459 e. The molecule has 0 amide bonds. The molecule has 0 saturated carbocycles. The Kier molecular flexibility index (Phi) is 7.34. The Balaban J connectivity index is 0.00000256. The minimum atomic E-state index is 0. The van der Waals surface area contributed by atoms with E-state index in [0.29, 0.717) is 5.92 Å². The third kappa shape index (κ3) is 4.59. The van der Waals surface area contributed by atoms with Gasteiger partial charge in [0.05, 0.1) is 0 Å². The summed E-state index contributed by atoms with van der Waals surface area (Å²) in [5, 5.41) is 0. The first-order valence-corrected chi connectivity index (χ1v) is 6.80. The van der Waals surface area contributed by atoms with Crippen LogP contribution in [-0.4, -0.2) is 11.7 Å². The number of carbonyl (C=O) groups excluding carboxylic acids is 1. The number of benzene rings is 1. The second-order valence-corrected chi connectivity index (χ2v) is 5.83. The molecule has 0 spiro atoms. The number of carbonyl (C=O) groups is 1. The van der Waals surface area contributed by atoms with Crippen LogP contribution in [0, 0.1) is 26.7 Å². The zero-order valence-corrected chi connectivity index (χ0v) is 12.7. The van der Waals surface area contributed by atoms with Crippen LogP contribution in [0.15, 0.2) is 12.1 Å². The molecule has 1 nitrogen and oxygen atoms in total. The molecule has 1 aromatic carbocycles. The van der Waals surface area contributed by atoms with E-state index in [9.17, 15) is 4.79 Å². The van der Waals surface area contributed by atoms with E-state index < -0.39 is 0 Å². The van der Waals surface area contributed by atoms with Crippen molar-refractivity contribution in [1.82, 2.24) is 0 Å². The van der Waals surface area contributed by atoms with E-state index in [1.807, 2.05) is 19.9 Å². The maximum Gasteiger partial charge on any atom is 1.00 e. The van der Waals surface area contributed by atoms with Crippen molar-refractivity contribution in [2.45, 2.75) is 34.6 Å². The van der Waals surface area contributed by atoms with E-state index in [4.69, 9.17) is 0 Å². The average Bonchev–Trinajstić information content (AvgIpc) is 2.21. The van der Waals surface area contributed by atoms with E-state index in [0.717, 1.165) is 31.4 Å². The van der Waals surface area contributed by atoms with Gasteiger partial charge in [0.15, 0.2) is 0 Å². The maximum absolute atomic E-state index is 12.1. The van der Waals surface area contributed by atoms with Crippen LogP contribution in [0.25, 0.3) is 0 Å². The van der Waals surface area contributed by atoms with Gasteiger partial charge in [-0.3, -0.25) is 0 Å². The molecule has 0 heterocycles. The second-order valence-electron chi connectivity index (χ2n) is 4.74. The first kappa shape index (κ1) is 16.9. The zero-order chi connectivity index (χ0) is 12.3. The van der Waals surface area contributed by atoms with Crippen LogP contribution in [0.2, 0.25) is 0 Å². The van der Waals surface area contributed by atoms with Gasteiger partial charge >= 0.3 is 18.9 Å². The number of hydrogen-bond donors (Lipinski definition) is 0. The first-order chi connectivity index (χ1) is 7.43. The first-order valence-electron chi connectivity index (χ1n) is 5.72. The summed E-state index contributed by atoms with van der Waals surface area (Å²) in [6.07, 6.45) is 0.950. The zero-order valence-electron chi connectivity index (χ0n) is 11.8. The molecule has 0 radical (unpaired) electrons. The van der Waals surface area contributed by atoms with Crippen LogP contribution >= 0.6 is 8.58 Å². The van der Waals surface area contributed by atoms with Gasteiger partial charge in [0.2, 0.25) is 0 Å². The maximum atomic E-state index is 12.1. The molecule has 0 bridgehead atoms. The third-order valence-corrected chi connectivity index (χ3v) is 4.18. The molecular formula is C14H20LiOP. The number of hydrogen-bond acceptors (Lipinski definition) is 1. The van der Waals surface area contributed by atoms with Crippen molar-refractivity contribution in [2.75, 3.05) is 6.16 Å². The van der Waals surface area contributed by atoms with Crippen LogP contribution < -0.4 is 18.9 Å². The topological polar surface area (TPSA) is 17.1 Å². The average molecular weight is 242 g/mol. The predicted molar refractivity (Wildman–Crippen MR) is 71.6 cm³/mol. The molecule has 0 unspecified atom stereocenters. The van der Waals surface area contributed by atoms with Crippen molar-refractivity contribution < 1.29 is 23.7 Å². The summed E-state index contributed by atoms with van der Waals surface area (Å²) in [7, 11) is 0.925. The summed E-state index contributed by atoms with van der Waals surface area (Å²) in [4.78, 5) is 12.1. The Bertz CT molecular complexity index is 399. The van der Waals surface area contributed by atoms with Gasteiger partial charge in [-0.15, -0.1) is 0 Å². The molecular weight excluding hydrogens is 222 g/mol.